The second-order valence-corrected chi connectivity index (χ2v) is 12.3. The molecule has 1 N–H and O–H groups in total. The molecule has 3 aliphatic rings. The fraction of sp³-hybridized carbons (Fsp3) is 0.278. The highest BCUT2D eigenvalue weighted by molar-refractivity contribution is 5.81. The normalized spacial score (nSPS) is 22.3. The highest BCUT2D eigenvalue weighted by atomic mass is 15.2. The van der Waals surface area contributed by atoms with Crippen molar-refractivity contribution in [3.8, 4) is 11.1 Å². The standard InChI is InChI=1S/C36H38N2/c1-25-10-9-13-31(22-25)38-33-20-16-27(26-14-18-30(19-15-26)37-29-11-7-6-8-12-29)23-32(33)36(5)24-28(35(2,3)4)17-21-34(36)38/h6-9,11-23,25,37H,10,24H2,1-5H3. The van der Waals surface area contributed by atoms with Gasteiger partial charge >= 0.3 is 0 Å². The van der Waals surface area contributed by atoms with E-state index in [0.29, 0.717) is 5.92 Å². The predicted octanol–water partition coefficient (Wildman–Crippen LogP) is 9.91. The first-order chi connectivity index (χ1) is 18.2. The van der Waals surface area contributed by atoms with Crippen LogP contribution in [-0.4, -0.2) is 0 Å². The van der Waals surface area contributed by atoms with E-state index in [-0.39, 0.29) is 10.8 Å². The molecule has 0 fully saturated rings. The number of nitrogens with zero attached hydrogens (tertiary/aromatic N) is 1. The van der Waals surface area contributed by atoms with E-state index in [0.717, 1.165) is 24.2 Å². The van der Waals surface area contributed by atoms with Gasteiger partial charge in [-0.25, -0.2) is 0 Å². The lowest BCUT2D eigenvalue weighted by atomic mass is 9.68. The second kappa shape index (κ2) is 9.20. The molecule has 0 bridgehead atoms. The van der Waals surface area contributed by atoms with Crippen molar-refractivity contribution in [1.29, 1.82) is 0 Å². The van der Waals surface area contributed by atoms with E-state index in [1.807, 2.05) is 6.07 Å². The lowest BCUT2D eigenvalue weighted by Crippen LogP contribution is -2.32. The van der Waals surface area contributed by atoms with Gasteiger partial charge in [0.25, 0.3) is 0 Å². The Kier molecular flexibility index (Phi) is 5.94. The van der Waals surface area contributed by atoms with Crippen molar-refractivity contribution in [2.45, 2.75) is 52.9 Å². The molecule has 1 aliphatic heterocycles. The van der Waals surface area contributed by atoms with Crippen molar-refractivity contribution >= 4 is 17.1 Å². The Morgan fingerprint density at radius 3 is 2.29 bits per heavy atom. The van der Waals surface area contributed by atoms with E-state index in [1.54, 1.807) is 0 Å². The van der Waals surface area contributed by atoms with Crippen LogP contribution in [0.25, 0.3) is 11.1 Å². The summed E-state index contributed by atoms with van der Waals surface area (Å²) in [6, 6.07) is 26.2. The first-order valence-corrected chi connectivity index (χ1v) is 13.9. The van der Waals surface area contributed by atoms with E-state index in [1.165, 1.54) is 39.3 Å². The summed E-state index contributed by atoms with van der Waals surface area (Å²) in [4.78, 5) is 2.52. The van der Waals surface area contributed by atoms with Gasteiger partial charge in [-0.2, -0.15) is 0 Å². The molecule has 0 aromatic heterocycles. The van der Waals surface area contributed by atoms with E-state index >= 15 is 0 Å². The molecule has 2 nitrogen and oxygen atoms in total. The van der Waals surface area contributed by atoms with Gasteiger partial charge in [-0.3, -0.25) is 0 Å². The first kappa shape index (κ1) is 24.6. The fourth-order valence-corrected chi connectivity index (χ4v) is 6.13. The molecule has 2 heteroatoms. The lowest BCUT2D eigenvalue weighted by Gasteiger charge is -2.38. The van der Waals surface area contributed by atoms with Crippen LogP contribution in [0.3, 0.4) is 0 Å². The van der Waals surface area contributed by atoms with Crippen LogP contribution in [0, 0.1) is 11.3 Å². The summed E-state index contributed by atoms with van der Waals surface area (Å²) in [7, 11) is 0. The Balaban J connectivity index is 1.40. The zero-order valence-corrected chi connectivity index (χ0v) is 23.3. The Morgan fingerprint density at radius 2 is 1.58 bits per heavy atom. The molecule has 0 saturated carbocycles. The number of nitrogens with one attached hydrogen (secondary N) is 1. The summed E-state index contributed by atoms with van der Waals surface area (Å²) in [5.41, 5.74) is 11.8. The average molecular weight is 499 g/mol. The molecule has 6 rings (SSSR count). The van der Waals surface area contributed by atoms with Crippen molar-refractivity contribution in [1.82, 2.24) is 0 Å². The third kappa shape index (κ3) is 4.32. The van der Waals surface area contributed by atoms with Crippen LogP contribution < -0.4 is 10.2 Å². The molecule has 1 heterocycles. The molecule has 38 heavy (non-hydrogen) atoms. The summed E-state index contributed by atoms with van der Waals surface area (Å²) < 4.78 is 0. The molecule has 3 aromatic carbocycles. The Bertz CT molecular complexity index is 1480. The Labute approximate surface area is 228 Å². The van der Waals surface area contributed by atoms with Crippen molar-refractivity contribution in [2.75, 3.05) is 10.2 Å². The van der Waals surface area contributed by atoms with E-state index < -0.39 is 0 Å². The van der Waals surface area contributed by atoms with Gasteiger partial charge < -0.3 is 10.2 Å². The van der Waals surface area contributed by atoms with E-state index in [4.69, 9.17) is 0 Å². The minimum Gasteiger partial charge on any atom is -0.356 e. The van der Waals surface area contributed by atoms with Gasteiger partial charge in [0.15, 0.2) is 0 Å². The Morgan fingerprint density at radius 1 is 0.868 bits per heavy atom. The highest BCUT2D eigenvalue weighted by Gasteiger charge is 2.47. The van der Waals surface area contributed by atoms with Gasteiger partial charge in [0.2, 0.25) is 0 Å². The van der Waals surface area contributed by atoms with Gasteiger partial charge in [0.1, 0.15) is 0 Å². The highest BCUT2D eigenvalue weighted by Crippen LogP contribution is 2.56. The van der Waals surface area contributed by atoms with Gasteiger partial charge in [0, 0.05) is 28.2 Å². The smallest absolute Gasteiger partial charge is 0.0500 e. The zero-order chi connectivity index (χ0) is 26.5. The maximum absolute atomic E-state index is 3.50. The largest absolute Gasteiger partial charge is 0.356 e. The molecule has 0 radical (unpaired) electrons. The van der Waals surface area contributed by atoms with Crippen LogP contribution in [0.1, 0.15) is 53.0 Å². The summed E-state index contributed by atoms with van der Waals surface area (Å²) in [5, 5.41) is 3.50. The molecular formula is C36H38N2. The SMILES string of the molecule is CC1C=C(N2C3=CC=C(C(C)(C)C)CC3(C)c3cc(-c4ccc(Nc5ccccc5)cc4)ccc32)C=CC1. The molecule has 0 amide bonds. The van der Waals surface area contributed by atoms with Crippen molar-refractivity contribution < 1.29 is 0 Å². The topological polar surface area (TPSA) is 15.3 Å². The fourth-order valence-electron chi connectivity index (χ4n) is 6.13. The van der Waals surface area contributed by atoms with Crippen LogP contribution in [0.4, 0.5) is 17.1 Å². The zero-order valence-electron chi connectivity index (χ0n) is 23.3. The number of hydrogen-bond donors (Lipinski definition) is 1. The number of allylic oxidation sites excluding steroid dienone is 7. The van der Waals surface area contributed by atoms with Crippen molar-refractivity contribution in [2.24, 2.45) is 11.3 Å². The minimum atomic E-state index is -0.0626. The van der Waals surface area contributed by atoms with Crippen LogP contribution in [0.5, 0.6) is 0 Å². The predicted molar refractivity (Wildman–Crippen MR) is 163 cm³/mol. The summed E-state index contributed by atoms with van der Waals surface area (Å²) in [6.07, 6.45) is 14.0. The quantitative estimate of drug-likeness (QED) is 0.385. The molecule has 2 atom stereocenters. The van der Waals surface area contributed by atoms with Gasteiger partial charge in [-0.15, -0.1) is 0 Å². The lowest BCUT2D eigenvalue weighted by molar-refractivity contribution is 0.430. The number of rotatable bonds is 4. The third-order valence-electron chi connectivity index (χ3n) is 8.38. The van der Waals surface area contributed by atoms with E-state index in [2.05, 4.69) is 142 Å². The second-order valence-electron chi connectivity index (χ2n) is 12.3. The van der Waals surface area contributed by atoms with Crippen molar-refractivity contribution in [3.63, 3.8) is 0 Å². The number of fused-ring (bicyclic) bond motifs is 3. The monoisotopic (exact) mass is 498 g/mol. The number of benzene rings is 3. The summed E-state index contributed by atoms with van der Waals surface area (Å²) >= 11 is 0. The molecule has 2 unspecified atom stereocenters. The third-order valence-corrected chi connectivity index (χ3v) is 8.38. The number of anilines is 3. The van der Waals surface area contributed by atoms with Gasteiger partial charge in [-0.05, 0) is 96.3 Å². The van der Waals surface area contributed by atoms with Crippen LogP contribution in [0.2, 0.25) is 0 Å². The van der Waals surface area contributed by atoms with Crippen molar-refractivity contribution in [3.05, 3.63) is 126 Å². The van der Waals surface area contributed by atoms with Gasteiger partial charge in [0.05, 0.1) is 5.69 Å². The maximum Gasteiger partial charge on any atom is 0.0500 e. The molecular weight excluding hydrogens is 460 g/mol. The molecule has 3 aromatic rings. The number of hydrogen-bond acceptors (Lipinski definition) is 2. The molecule has 192 valence electrons. The summed E-state index contributed by atoms with van der Waals surface area (Å²) in [5.74, 6) is 0.553. The first-order valence-electron chi connectivity index (χ1n) is 13.9. The van der Waals surface area contributed by atoms with Crippen LogP contribution >= 0.6 is 0 Å². The molecule has 0 spiro atoms. The van der Waals surface area contributed by atoms with Gasteiger partial charge in [-0.1, -0.05) is 87.9 Å². The Hall–Kier alpha value is -3.78. The minimum absolute atomic E-state index is 0.0626. The van der Waals surface area contributed by atoms with E-state index in [9.17, 15) is 0 Å². The average Bonchev–Trinajstić information content (AvgIpc) is 3.16. The molecule has 2 aliphatic carbocycles. The van der Waals surface area contributed by atoms with Crippen LogP contribution in [-0.2, 0) is 5.41 Å². The van der Waals surface area contributed by atoms with Crippen LogP contribution in [0.15, 0.2) is 120 Å². The number of para-hydroxylation sites is 1. The summed E-state index contributed by atoms with van der Waals surface area (Å²) in [6.45, 7) is 11.8. The molecule has 0 saturated heterocycles. The maximum atomic E-state index is 3.50.